The van der Waals surface area contributed by atoms with Gasteiger partial charge in [0.1, 0.15) is 17.3 Å². The van der Waals surface area contributed by atoms with Crippen molar-refractivity contribution in [1.29, 1.82) is 0 Å². The molecule has 0 aliphatic rings. The Morgan fingerprint density at radius 2 is 1.61 bits per heavy atom. The average Bonchev–Trinajstić information content (AvgIpc) is 2.38. The third-order valence-corrected chi connectivity index (χ3v) is 2.43. The Balaban J connectivity index is 2.24. The molecule has 0 aliphatic heterocycles. The van der Waals surface area contributed by atoms with Gasteiger partial charge in [-0.15, -0.1) is 0 Å². The third kappa shape index (κ3) is 3.06. The van der Waals surface area contributed by atoms with Crippen LogP contribution in [0.15, 0.2) is 42.5 Å². The van der Waals surface area contributed by atoms with Crippen LogP contribution in [-0.2, 0) is 13.2 Å². The van der Waals surface area contributed by atoms with Gasteiger partial charge in [-0.05, 0) is 35.4 Å². The average molecular weight is 248 g/mol. The first kappa shape index (κ1) is 12.5. The number of benzene rings is 2. The minimum absolute atomic E-state index is 0.0811. The van der Waals surface area contributed by atoms with Crippen LogP contribution in [0.4, 0.5) is 4.39 Å². The second kappa shape index (κ2) is 5.62. The summed E-state index contributed by atoms with van der Waals surface area (Å²) in [5.74, 6) is 0.361. The van der Waals surface area contributed by atoms with Gasteiger partial charge in [-0.3, -0.25) is 0 Å². The van der Waals surface area contributed by atoms with Gasteiger partial charge >= 0.3 is 0 Å². The maximum atomic E-state index is 13.2. The van der Waals surface area contributed by atoms with Crippen LogP contribution in [0.3, 0.4) is 0 Å². The Hall–Kier alpha value is -1.91. The van der Waals surface area contributed by atoms with E-state index in [1.807, 2.05) is 0 Å². The first-order valence-electron chi connectivity index (χ1n) is 5.49. The number of hydrogen-bond acceptors (Lipinski definition) is 3. The molecule has 3 nitrogen and oxygen atoms in total. The van der Waals surface area contributed by atoms with Gasteiger partial charge in [0, 0.05) is 6.07 Å². The summed E-state index contributed by atoms with van der Waals surface area (Å²) in [6.45, 7) is -0.326. The molecule has 0 unspecified atom stereocenters. The lowest BCUT2D eigenvalue weighted by molar-refractivity contribution is 0.280. The number of hydrogen-bond donors (Lipinski definition) is 2. The van der Waals surface area contributed by atoms with Crippen LogP contribution in [-0.4, -0.2) is 10.2 Å². The second-order valence-corrected chi connectivity index (χ2v) is 3.86. The largest absolute Gasteiger partial charge is 0.457 e. The predicted molar refractivity (Wildman–Crippen MR) is 64.8 cm³/mol. The van der Waals surface area contributed by atoms with E-state index in [-0.39, 0.29) is 13.2 Å². The molecule has 2 aromatic rings. The van der Waals surface area contributed by atoms with Gasteiger partial charge in [0.25, 0.3) is 0 Å². The fourth-order valence-corrected chi connectivity index (χ4v) is 1.61. The quantitative estimate of drug-likeness (QED) is 0.874. The summed E-state index contributed by atoms with van der Waals surface area (Å²) < 4.78 is 18.7. The van der Waals surface area contributed by atoms with Crippen LogP contribution in [0, 0.1) is 5.82 Å². The summed E-state index contributed by atoms with van der Waals surface area (Å²) in [5, 5.41) is 18.0. The first-order chi connectivity index (χ1) is 8.71. The van der Waals surface area contributed by atoms with Crippen molar-refractivity contribution in [3.63, 3.8) is 0 Å². The standard InChI is InChI=1S/C14H13FO3/c15-12-4-11(9-17)6-14(7-12)18-13-3-1-2-10(5-13)8-16/h1-7,16-17H,8-9H2. The fraction of sp³-hybridized carbons (Fsp3) is 0.143. The van der Waals surface area contributed by atoms with Crippen molar-refractivity contribution in [3.8, 4) is 11.5 Å². The van der Waals surface area contributed by atoms with E-state index in [9.17, 15) is 4.39 Å². The minimum Gasteiger partial charge on any atom is -0.457 e. The molecule has 0 saturated carbocycles. The highest BCUT2D eigenvalue weighted by molar-refractivity contribution is 5.36. The van der Waals surface area contributed by atoms with Crippen molar-refractivity contribution in [3.05, 3.63) is 59.4 Å². The van der Waals surface area contributed by atoms with Gasteiger partial charge in [0.2, 0.25) is 0 Å². The molecule has 0 atom stereocenters. The number of ether oxygens (including phenoxy) is 1. The maximum absolute atomic E-state index is 13.2. The fourth-order valence-electron chi connectivity index (χ4n) is 1.61. The highest BCUT2D eigenvalue weighted by Crippen LogP contribution is 2.24. The van der Waals surface area contributed by atoms with Crippen LogP contribution in [0.5, 0.6) is 11.5 Å². The zero-order chi connectivity index (χ0) is 13.0. The van der Waals surface area contributed by atoms with Crippen molar-refractivity contribution in [2.45, 2.75) is 13.2 Å². The van der Waals surface area contributed by atoms with E-state index in [0.29, 0.717) is 22.6 Å². The van der Waals surface area contributed by atoms with Crippen LogP contribution < -0.4 is 4.74 Å². The van der Waals surface area contributed by atoms with E-state index < -0.39 is 5.82 Å². The molecule has 0 spiro atoms. The molecule has 0 heterocycles. The second-order valence-electron chi connectivity index (χ2n) is 3.86. The zero-order valence-electron chi connectivity index (χ0n) is 9.64. The number of rotatable bonds is 4. The molecule has 0 aliphatic carbocycles. The van der Waals surface area contributed by atoms with Crippen LogP contribution in [0.25, 0.3) is 0 Å². The van der Waals surface area contributed by atoms with E-state index in [2.05, 4.69) is 0 Å². The van der Waals surface area contributed by atoms with Gasteiger partial charge in [-0.2, -0.15) is 0 Å². The van der Waals surface area contributed by atoms with Crippen LogP contribution in [0.1, 0.15) is 11.1 Å². The van der Waals surface area contributed by atoms with Crippen molar-refractivity contribution >= 4 is 0 Å². The van der Waals surface area contributed by atoms with E-state index in [0.717, 1.165) is 0 Å². The molecule has 2 N–H and O–H groups in total. The Bertz CT molecular complexity index is 540. The van der Waals surface area contributed by atoms with E-state index in [4.69, 9.17) is 14.9 Å². The van der Waals surface area contributed by atoms with Gasteiger partial charge < -0.3 is 14.9 Å². The smallest absolute Gasteiger partial charge is 0.130 e. The summed E-state index contributed by atoms with van der Waals surface area (Å²) in [6, 6.07) is 10.9. The lowest BCUT2D eigenvalue weighted by Crippen LogP contribution is -1.91. The molecular formula is C14H13FO3. The summed E-state index contributed by atoms with van der Waals surface area (Å²) in [4.78, 5) is 0. The van der Waals surface area contributed by atoms with E-state index in [1.165, 1.54) is 12.1 Å². The SMILES string of the molecule is OCc1cccc(Oc2cc(F)cc(CO)c2)c1. The van der Waals surface area contributed by atoms with Gasteiger partial charge in [0.15, 0.2) is 0 Å². The van der Waals surface area contributed by atoms with Gasteiger partial charge in [-0.25, -0.2) is 4.39 Å². The van der Waals surface area contributed by atoms with E-state index in [1.54, 1.807) is 30.3 Å². The topological polar surface area (TPSA) is 49.7 Å². The molecule has 0 saturated heterocycles. The molecular weight excluding hydrogens is 235 g/mol. The lowest BCUT2D eigenvalue weighted by Gasteiger charge is -2.08. The highest BCUT2D eigenvalue weighted by atomic mass is 19.1. The molecule has 4 heteroatoms. The Labute approximate surface area is 104 Å². The van der Waals surface area contributed by atoms with Crippen LogP contribution >= 0.6 is 0 Å². The first-order valence-corrected chi connectivity index (χ1v) is 5.49. The Morgan fingerprint density at radius 3 is 2.33 bits per heavy atom. The van der Waals surface area contributed by atoms with E-state index >= 15 is 0 Å². The molecule has 0 fully saturated rings. The molecule has 2 rings (SSSR count). The van der Waals surface area contributed by atoms with Gasteiger partial charge in [-0.1, -0.05) is 12.1 Å². The van der Waals surface area contributed by atoms with Crippen molar-refractivity contribution in [1.82, 2.24) is 0 Å². The summed E-state index contributed by atoms with van der Waals surface area (Å²) in [5.41, 5.74) is 1.16. The monoisotopic (exact) mass is 248 g/mol. The normalized spacial score (nSPS) is 10.4. The van der Waals surface area contributed by atoms with Crippen molar-refractivity contribution < 1.29 is 19.3 Å². The summed E-state index contributed by atoms with van der Waals surface area (Å²) in [7, 11) is 0. The summed E-state index contributed by atoms with van der Waals surface area (Å²) >= 11 is 0. The molecule has 0 bridgehead atoms. The molecule has 0 radical (unpaired) electrons. The highest BCUT2D eigenvalue weighted by Gasteiger charge is 2.03. The van der Waals surface area contributed by atoms with Crippen molar-refractivity contribution in [2.24, 2.45) is 0 Å². The molecule has 0 amide bonds. The minimum atomic E-state index is -0.463. The molecule has 94 valence electrons. The number of aliphatic hydroxyl groups is 2. The predicted octanol–water partition coefficient (Wildman–Crippen LogP) is 2.60. The Morgan fingerprint density at radius 1 is 0.889 bits per heavy atom. The third-order valence-electron chi connectivity index (χ3n) is 2.43. The number of halogens is 1. The maximum Gasteiger partial charge on any atom is 0.130 e. The lowest BCUT2D eigenvalue weighted by atomic mass is 10.2. The molecule has 0 aromatic heterocycles. The molecule has 2 aromatic carbocycles. The van der Waals surface area contributed by atoms with Gasteiger partial charge in [0.05, 0.1) is 13.2 Å². The Kier molecular flexibility index (Phi) is 3.92. The molecule has 18 heavy (non-hydrogen) atoms. The van der Waals surface area contributed by atoms with Crippen LogP contribution in [0.2, 0.25) is 0 Å². The summed E-state index contributed by atoms with van der Waals surface area (Å²) in [6.07, 6.45) is 0. The zero-order valence-corrected chi connectivity index (χ0v) is 9.64. The number of aliphatic hydroxyl groups excluding tert-OH is 2. The van der Waals surface area contributed by atoms with Crippen molar-refractivity contribution in [2.75, 3.05) is 0 Å².